The van der Waals surface area contributed by atoms with Crippen molar-refractivity contribution in [1.29, 1.82) is 0 Å². The zero-order valence-corrected chi connectivity index (χ0v) is 14.2. The average molecular weight is 376 g/mol. The van der Waals surface area contributed by atoms with Crippen LogP contribution in [0.5, 0.6) is 5.75 Å². The average Bonchev–Trinajstić information content (AvgIpc) is 2.69. The van der Waals surface area contributed by atoms with Crippen molar-refractivity contribution in [1.82, 2.24) is 0 Å². The van der Waals surface area contributed by atoms with Gasteiger partial charge in [0, 0.05) is 0 Å². The third kappa shape index (κ3) is 4.10. The Balaban J connectivity index is 1.71. The molecule has 0 aliphatic carbocycles. The van der Waals surface area contributed by atoms with Crippen LogP contribution in [0.2, 0.25) is 0 Å². The highest BCUT2D eigenvalue weighted by Crippen LogP contribution is 2.27. The summed E-state index contributed by atoms with van der Waals surface area (Å²) in [7, 11) is 0. The molecule has 1 aliphatic heterocycles. The van der Waals surface area contributed by atoms with Crippen LogP contribution < -0.4 is 4.74 Å². The smallest absolute Gasteiger partial charge is 0.335 e. The lowest BCUT2D eigenvalue weighted by molar-refractivity contribution is -0.277. The lowest BCUT2D eigenvalue weighted by Gasteiger charge is -2.39. The number of carbonyl (C=O) groups is 1. The van der Waals surface area contributed by atoms with Gasteiger partial charge >= 0.3 is 5.97 Å². The summed E-state index contributed by atoms with van der Waals surface area (Å²) in [5.74, 6) is -0.643. The van der Waals surface area contributed by atoms with E-state index in [4.69, 9.17) is 14.6 Å². The zero-order chi connectivity index (χ0) is 19.6. The summed E-state index contributed by atoms with van der Waals surface area (Å²) in [6.07, 6.45) is -6.72. The molecule has 0 saturated carbocycles. The number of hydrogen-bond acceptors (Lipinski definition) is 7. The van der Waals surface area contributed by atoms with E-state index in [9.17, 15) is 25.2 Å². The molecule has 3 rings (SSSR count). The first-order chi connectivity index (χ1) is 12.9. The van der Waals surface area contributed by atoms with E-state index in [-0.39, 0.29) is 5.56 Å². The molecule has 2 aromatic carbocycles. The fraction of sp³-hybridized carbons (Fsp3) is 0.316. The van der Waals surface area contributed by atoms with Gasteiger partial charge < -0.3 is 35.0 Å². The van der Waals surface area contributed by atoms with Gasteiger partial charge in [0.1, 0.15) is 30.2 Å². The summed E-state index contributed by atoms with van der Waals surface area (Å²) >= 11 is 0. The molecular formula is C19H20O8. The monoisotopic (exact) mass is 376 g/mol. The molecule has 0 spiro atoms. The molecule has 0 bridgehead atoms. The molecule has 8 nitrogen and oxygen atoms in total. The van der Waals surface area contributed by atoms with Crippen LogP contribution in [0, 0.1) is 0 Å². The van der Waals surface area contributed by atoms with Gasteiger partial charge in [0.05, 0.1) is 12.2 Å². The maximum Gasteiger partial charge on any atom is 0.335 e. The molecule has 1 heterocycles. The van der Waals surface area contributed by atoms with E-state index in [1.807, 2.05) is 0 Å². The lowest BCUT2D eigenvalue weighted by atomic mass is 9.99. The Morgan fingerprint density at radius 1 is 0.889 bits per heavy atom. The van der Waals surface area contributed by atoms with E-state index in [2.05, 4.69) is 0 Å². The van der Waals surface area contributed by atoms with Crippen molar-refractivity contribution in [2.45, 2.75) is 30.7 Å². The van der Waals surface area contributed by atoms with E-state index in [1.54, 1.807) is 36.4 Å². The van der Waals surface area contributed by atoms with Crippen LogP contribution in [-0.2, 0) is 4.74 Å². The first-order valence-corrected chi connectivity index (χ1v) is 8.31. The van der Waals surface area contributed by atoms with E-state index in [1.165, 1.54) is 12.1 Å². The number of carboxylic acid groups (broad SMARTS) is 1. The molecule has 1 saturated heterocycles. The maximum atomic E-state index is 10.9. The topological polar surface area (TPSA) is 137 Å². The third-order valence-electron chi connectivity index (χ3n) is 4.42. The first-order valence-electron chi connectivity index (χ1n) is 8.31. The normalized spacial score (nSPS) is 27.9. The van der Waals surface area contributed by atoms with Crippen LogP contribution in [0.25, 0.3) is 11.1 Å². The molecule has 0 amide bonds. The predicted octanol–water partition coefficient (Wildman–Crippen LogP) is 0.230. The van der Waals surface area contributed by atoms with E-state index in [0.717, 1.165) is 11.1 Å². The second-order valence-electron chi connectivity index (χ2n) is 6.22. The summed E-state index contributed by atoms with van der Waals surface area (Å²) in [4.78, 5) is 10.9. The molecule has 8 heteroatoms. The second-order valence-corrected chi connectivity index (χ2v) is 6.22. The quantitative estimate of drug-likeness (QED) is 0.500. The number of aliphatic hydroxyl groups excluding tert-OH is 4. The minimum absolute atomic E-state index is 0.196. The Morgan fingerprint density at radius 3 is 1.96 bits per heavy atom. The number of aliphatic hydroxyl groups is 4. The van der Waals surface area contributed by atoms with Crippen LogP contribution in [0.4, 0.5) is 0 Å². The van der Waals surface area contributed by atoms with Gasteiger partial charge in [-0.15, -0.1) is 0 Å². The number of aromatic carboxylic acids is 1. The van der Waals surface area contributed by atoms with Crippen LogP contribution in [0.3, 0.4) is 0 Å². The Hall–Kier alpha value is -2.49. The predicted molar refractivity (Wildman–Crippen MR) is 93.2 cm³/mol. The molecule has 144 valence electrons. The number of hydrogen-bond donors (Lipinski definition) is 5. The summed E-state index contributed by atoms with van der Waals surface area (Å²) in [5, 5.41) is 47.7. The molecule has 0 unspecified atom stereocenters. The second kappa shape index (κ2) is 8.03. The molecule has 0 aromatic heterocycles. The van der Waals surface area contributed by atoms with Crippen LogP contribution in [0.15, 0.2) is 48.5 Å². The van der Waals surface area contributed by atoms with Gasteiger partial charge in [0.25, 0.3) is 0 Å². The fourth-order valence-corrected chi connectivity index (χ4v) is 2.83. The fourth-order valence-electron chi connectivity index (χ4n) is 2.83. The van der Waals surface area contributed by atoms with Crippen LogP contribution >= 0.6 is 0 Å². The number of rotatable bonds is 5. The molecule has 2 aromatic rings. The van der Waals surface area contributed by atoms with Crippen molar-refractivity contribution in [2.24, 2.45) is 0 Å². The summed E-state index contributed by atoms with van der Waals surface area (Å²) in [6, 6.07) is 13.1. The third-order valence-corrected chi connectivity index (χ3v) is 4.42. The Labute approximate surface area is 154 Å². The van der Waals surface area contributed by atoms with Gasteiger partial charge in [0.15, 0.2) is 0 Å². The maximum absolute atomic E-state index is 10.9. The van der Waals surface area contributed by atoms with Gasteiger partial charge in [-0.3, -0.25) is 0 Å². The Bertz CT molecular complexity index is 771. The standard InChI is InChI=1S/C19H20O8/c20-9-14-15(21)16(22)17(23)19(27-14)26-13-7-5-11(6-8-13)10-1-3-12(4-2-10)18(24)25/h1-8,14-17,19-23H,9H2,(H,24,25)/t14-,15-,16+,17+,19-/m1/s1. The van der Waals surface area contributed by atoms with E-state index in [0.29, 0.717) is 5.75 Å². The minimum atomic E-state index is -1.51. The van der Waals surface area contributed by atoms with Crippen molar-refractivity contribution in [3.8, 4) is 16.9 Å². The van der Waals surface area contributed by atoms with Gasteiger partial charge in [0.2, 0.25) is 6.29 Å². The van der Waals surface area contributed by atoms with Crippen molar-refractivity contribution >= 4 is 5.97 Å². The summed E-state index contributed by atoms with van der Waals surface area (Å²) in [5.41, 5.74) is 1.84. The van der Waals surface area contributed by atoms with Crippen LogP contribution in [-0.4, -0.2) is 68.8 Å². The minimum Gasteiger partial charge on any atom is -0.478 e. The SMILES string of the molecule is O=C(O)c1ccc(-c2ccc(O[C@@H]3O[C@H](CO)[C@@H](O)[C@H](O)[C@@H]3O)cc2)cc1. The Morgan fingerprint density at radius 2 is 1.44 bits per heavy atom. The van der Waals surface area contributed by atoms with Crippen molar-refractivity contribution < 1.29 is 39.8 Å². The van der Waals surface area contributed by atoms with Gasteiger partial charge in [-0.05, 0) is 35.4 Å². The number of ether oxygens (including phenoxy) is 2. The summed E-state index contributed by atoms with van der Waals surface area (Å²) in [6.45, 7) is -0.532. The highest BCUT2D eigenvalue weighted by atomic mass is 16.7. The highest BCUT2D eigenvalue weighted by molar-refractivity contribution is 5.88. The molecule has 5 N–H and O–H groups in total. The van der Waals surface area contributed by atoms with Gasteiger partial charge in [-0.2, -0.15) is 0 Å². The lowest BCUT2D eigenvalue weighted by Crippen LogP contribution is -2.60. The van der Waals surface area contributed by atoms with Crippen molar-refractivity contribution in [3.05, 3.63) is 54.1 Å². The number of benzene rings is 2. The van der Waals surface area contributed by atoms with Crippen molar-refractivity contribution in [2.75, 3.05) is 6.61 Å². The van der Waals surface area contributed by atoms with E-state index < -0.39 is 43.3 Å². The van der Waals surface area contributed by atoms with Crippen molar-refractivity contribution in [3.63, 3.8) is 0 Å². The van der Waals surface area contributed by atoms with E-state index >= 15 is 0 Å². The Kier molecular flexibility index (Phi) is 5.73. The number of carboxylic acids is 1. The molecular weight excluding hydrogens is 356 g/mol. The van der Waals surface area contributed by atoms with Crippen LogP contribution in [0.1, 0.15) is 10.4 Å². The highest BCUT2D eigenvalue weighted by Gasteiger charge is 2.44. The molecule has 1 aliphatic rings. The molecule has 27 heavy (non-hydrogen) atoms. The largest absolute Gasteiger partial charge is 0.478 e. The molecule has 1 fully saturated rings. The zero-order valence-electron chi connectivity index (χ0n) is 14.2. The van der Waals surface area contributed by atoms with Gasteiger partial charge in [-0.1, -0.05) is 24.3 Å². The summed E-state index contributed by atoms with van der Waals surface area (Å²) < 4.78 is 10.8. The van der Waals surface area contributed by atoms with Gasteiger partial charge in [-0.25, -0.2) is 4.79 Å². The first kappa shape index (κ1) is 19.3. The molecule has 5 atom stereocenters. The molecule has 0 radical (unpaired) electrons.